The summed E-state index contributed by atoms with van der Waals surface area (Å²) < 4.78 is 20.1. The predicted molar refractivity (Wildman–Crippen MR) is 234 cm³/mol. The minimum Gasteiger partial charge on any atom is -0.455 e. The van der Waals surface area contributed by atoms with E-state index < -0.39 is 0 Å². The molecule has 5 heteroatoms. The zero-order valence-corrected chi connectivity index (χ0v) is 32.9. The van der Waals surface area contributed by atoms with Gasteiger partial charge in [-0.2, -0.15) is 0 Å². The van der Waals surface area contributed by atoms with Gasteiger partial charge in [0.2, 0.25) is 0 Å². The van der Waals surface area contributed by atoms with Gasteiger partial charge in [-0.15, -0.1) is 0 Å². The molecule has 0 saturated carbocycles. The Hall–Kier alpha value is -6.72. The second-order valence-electron chi connectivity index (χ2n) is 15.4. The number of halogens is 1. The smallest absolute Gasteiger partial charge is 0.144 e. The summed E-state index contributed by atoms with van der Waals surface area (Å²) in [5, 5.41) is 1.86. The third kappa shape index (κ3) is 8.07. The van der Waals surface area contributed by atoms with Crippen LogP contribution in [0.25, 0.3) is 55.7 Å². The van der Waals surface area contributed by atoms with Gasteiger partial charge in [0.25, 0.3) is 0 Å². The van der Waals surface area contributed by atoms with E-state index in [1.54, 1.807) is 6.07 Å². The van der Waals surface area contributed by atoms with Crippen molar-refractivity contribution in [2.75, 3.05) is 0 Å². The Balaban J connectivity index is 0.936. The topological polar surface area (TPSA) is 51.8 Å². The van der Waals surface area contributed by atoms with Crippen molar-refractivity contribution in [1.29, 1.82) is 0 Å². The number of pyridine rings is 3. The molecular weight excluding hydrogens is 714 g/mol. The van der Waals surface area contributed by atoms with Crippen LogP contribution in [0.4, 0.5) is 4.39 Å². The molecule has 0 aliphatic carbocycles. The molecule has 4 heterocycles. The summed E-state index contributed by atoms with van der Waals surface area (Å²) in [7, 11) is 0. The molecule has 9 rings (SSSR count). The fourth-order valence-electron chi connectivity index (χ4n) is 8.05. The van der Waals surface area contributed by atoms with E-state index >= 15 is 0 Å². The highest BCUT2D eigenvalue weighted by atomic mass is 19.1. The van der Waals surface area contributed by atoms with Crippen LogP contribution >= 0.6 is 0 Å². The molecular formula is C53H44FN3O. The first kappa shape index (κ1) is 36.9. The van der Waals surface area contributed by atoms with Gasteiger partial charge in [-0.05, 0) is 133 Å². The monoisotopic (exact) mass is 757 g/mol. The summed E-state index contributed by atoms with van der Waals surface area (Å²) in [6.07, 6.45) is 11.6. The quantitative estimate of drug-likeness (QED) is 0.125. The lowest BCUT2D eigenvalue weighted by atomic mass is 9.93. The van der Waals surface area contributed by atoms with Gasteiger partial charge >= 0.3 is 0 Å². The lowest BCUT2D eigenvalue weighted by Gasteiger charge is -2.13. The van der Waals surface area contributed by atoms with Crippen molar-refractivity contribution in [1.82, 2.24) is 15.0 Å². The zero-order chi connectivity index (χ0) is 39.4. The van der Waals surface area contributed by atoms with Gasteiger partial charge in [-0.25, -0.2) is 4.39 Å². The summed E-state index contributed by atoms with van der Waals surface area (Å²) in [5.74, 6) is -0.310. The maximum absolute atomic E-state index is 14.0. The Morgan fingerprint density at radius 3 is 1.55 bits per heavy atom. The summed E-state index contributed by atoms with van der Waals surface area (Å²) in [5.41, 5.74) is 17.6. The number of aromatic nitrogens is 3. The van der Waals surface area contributed by atoms with Crippen molar-refractivity contribution in [2.45, 2.75) is 52.4 Å². The fraction of sp³-hybridized carbons (Fsp3) is 0.151. The predicted octanol–water partition coefficient (Wildman–Crippen LogP) is 12.9. The normalized spacial score (nSPS) is 11.4. The number of nitrogens with zero attached hydrogens (tertiary/aromatic N) is 3. The summed E-state index contributed by atoms with van der Waals surface area (Å²) in [4.78, 5) is 14.6. The van der Waals surface area contributed by atoms with Gasteiger partial charge in [0.1, 0.15) is 17.0 Å². The van der Waals surface area contributed by atoms with E-state index in [4.69, 9.17) is 19.4 Å². The number of hydrogen-bond acceptors (Lipinski definition) is 4. The minimum absolute atomic E-state index is 0.310. The van der Waals surface area contributed by atoms with Crippen LogP contribution in [0.1, 0.15) is 44.5 Å². The highest BCUT2D eigenvalue weighted by Gasteiger charge is 2.14. The second-order valence-corrected chi connectivity index (χ2v) is 15.4. The molecule has 0 atom stereocenters. The van der Waals surface area contributed by atoms with Crippen LogP contribution in [0.15, 0.2) is 163 Å². The van der Waals surface area contributed by atoms with Crippen LogP contribution in [0.2, 0.25) is 0 Å². The lowest BCUT2D eigenvalue weighted by Crippen LogP contribution is -2.02. The molecule has 4 aromatic heterocycles. The van der Waals surface area contributed by atoms with E-state index in [1.165, 1.54) is 56.6 Å². The van der Waals surface area contributed by atoms with Crippen LogP contribution in [-0.4, -0.2) is 15.0 Å². The number of fused-ring (bicyclic) bond motifs is 3. The maximum atomic E-state index is 14.0. The molecule has 0 fully saturated rings. The molecule has 0 N–H and O–H groups in total. The Labute approximate surface area is 339 Å². The van der Waals surface area contributed by atoms with Gasteiger partial charge < -0.3 is 4.42 Å². The number of rotatable bonds is 12. The molecule has 0 aliphatic rings. The number of benzene rings is 5. The number of hydrogen-bond donors (Lipinski definition) is 0. The van der Waals surface area contributed by atoms with E-state index in [9.17, 15) is 4.39 Å². The number of furan rings is 1. The molecule has 0 aliphatic heterocycles. The van der Waals surface area contributed by atoms with E-state index in [-0.39, 0.29) is 5.82 Å². The summed E-state index contributed by atoms with van der Waals surface area (Å²) in [6, 6.07) is 47.3. The molecule has 4 nitrogen and oxygen atoms in total. The summed E-state index contributed by atoms with van der Waals surface area (Å²) in [6.45, 7) is 4.39. The van der Waals surface area contributed by atoms with Crippen molar-refractivity contribution in [2.24, 2.45) is 0 Å². The highest BCUT2D eigenvalue weighted by molar-refractivity contribution is 6.09. The number of aryl methyl sites for hydroxylation is 8. The van der Waals surface area contributed by atoms with Gasteiger partial charge in [-0.3, -0.25) is 15.0 Å². The molecule has 284 valence electrons. The van der Waals surface area contributed by atoms with Crippen molar-refractivity contribution in [3.63, 3.8) is 0 Å². The summed E-state index contributed by atoms with van der Waals surface area (Å²) >= 11 is 0. The van der Waals surface area contributed by atoms with Crippen molar-refractivity contribution < 1.29 is 8.81 Å². The van der Waals surface area contributed by atoms with Crippen LogP contribution < -0.4 is 0 Å². The van der Waals surface area contributed by atoms with Gasteiger partial charge in [0, 0.05) is 52.1 Å². The van der Waals surface area contributed by atoms with E-state index in [1.807, 2.05) is 36.5 Å². The van der Waals surface area contributed by atoms with Crippen molar-refractivity contribution in [3.8, 4) is 33.8 Å². The zero-order valence-electron chi connectivity index (χ0n) is 32.9. The SMILES string of the molecule is Cc1cc(-c2ccccc2)ncc1CCc1cc(CCc2ccc(-c3cccc4c3oc3cc(F)ccc34)nc2)cc(CCc2cnc(-c3ccccc3)cc2C)c1. The molecule has 0 saturated heterocycles. The Morgan fingerprint density at radius 1 is 0.448 bits per heavy atom. The molecule has 0 amide bonds. The molecule has 9 aromatic rings. The van der Waals surface area contributed by atoms with Gasteiger partial charge in [-0.1, -0.05) is 97.1 Å². The van der Waals surface area contributed by atoms with Crippen LogP contribution in [-0.2, 0) is 38.5 Å². The molecule has 0 radical (unpaired) electrons. The minimum atomic E-state index is -0.310. The van der Waals surface area contributed by atoms with Crippen LogP contribution in [0.5, 0.6) is 0 Å². The molecule has 5 aromatic carbocycles. The average molecular weight is 758 g/mol. The van der Waals surface area contributed by atoms with Crippen LogP contribution in [0.3, 0.4) is 0 Å². The third-order valence-electron chi connectivity index (χ3n) is 11.3. The Kier molecular flexibility index (Phi) is 10.4. The first-order valence-corrected chi connectivity index (χ1v) is 20.1. The fourth-order valence-corrected chi connectivity index (χ4v) is 8.05. The molecule has 0 spiro atoms. The van der Waals surface area contributed by atoms with E-state index in [2.05, 4.69) is 117 Å². The highest BCUT2D eigenvalue weighted by Crippen LogP contribution is 2.35. The van der Waals surface area contributed by atoms with Crippen molar-refractivity contribution in [3.05, 3.63) is 208 Å². The molecule has 0 unspecified atom stereocenters. The standard InChI is InChI=1S/C53H44FN3O/c1-35-26-50(41-10-5-3-6-11-41)56-33-43(35)21-18-39-28-38(29-40(30-39)19-22-44-34-57-51(27-36(44)2)42-12-7-4-8-13-42)17-16-37-20-25-49(55-32-37)48-15-9-14-47-46-24-23-45(54)31-52(46)58-53(47)48/h3-15,20,23-34H,16-19,21-22H2,1-2H3. The van der Waals surface area contributed by atoms with Gasteiger partial charge in [0.15, 0.2) is 0 Å². The molecule has 58 heavy (non-hydrogen) atoms. The average Bonchev–Trinajstić information content (AvgIpc) is 3.63. The Bertz CT molecular complexity index is 2750. The second kappa shape index (κ2) is 16.4. The first-order chi connectivity index (χ1) is 28.4. The molecule has 0 bridgehead atoms. The van der Waals surface area contributed by atoms with Crippen molar-refractivity contribution >= 4 is 21.9 Å². The lowest BCUT2D eigenvalue weighted by molar-refractivity contribution is 0.618. The third-order valence-corrected chi connectivity index (χ3v) is 11.3. The Morgan fingerprint density at radius 2 is 1.00 bits per heavy atom. The number of para-hydroxylation sites is 1. The maximum Gasteiger partial charge on any atom is 0.144 e. The van der Waals surface area contributed by atoms with E-state index in [0.717, 1.165) is 88.7 Å². The van der Waals surface area contributed by atoms with Crippen LogP contribution in [0, 0.1) is 19.7 Å². The first-order valence-electron chi connectivity index (χ1n) is 20.1. The van der Waals surface area contributed by atoms with Gasteiger partial charge in [0.05, 0.1) is 17.1 Å². The largest absolute Gasteiger partial charge is 0.455 e. The van der Waals surface area contributed by atoms with E-state index in [0.29, 0.717) is 5.58 Å².